The number of hydrogen-bond donors (Lipinski definition) is 9. The summed E-state index contributed by atoms with van der Waals surface area (Å²) in [6, 6.07) is 0. The molecule has 0 radical (unpaired) electrons. The summed E-state index contributed by atoms with van der Waals surface area (Å²) in [7, 11) is 0. The van der Waals surface area contributed by atoms with E-state index in [2.05, 4.69) is 0 Å². The maximum absolute atomic E-state index is 11.1. The molecule has 15 heteroatoms. The number of aliphatic hydroxyl groups excluding tert-OH is 8. The van der Waals surface area contributed by atoms with E-state index in [1.165, 1.54) is 0 Å². The van der Waals surface area contributed by atoms with Gasteiger partial charge in [-0.25, -0.2) is 4.79 Å². The monoisotopic (exact) mass is 528 g/mol. The van der Waals surface area contributed by atoms with E-state index in [-0.39, 0.29) is 12.8 Å². The second-order valence-corrected chi connectivity index (χ2v) is 9.27. The molecule has 1 aliphatic carbocycles. The highest BCUT2D eigenvalue weighted by Crippen LogP contribution is 2.34. The maximum Gasteiger partial charge on any atom is 0.329 e. The van der Waals surface area contributed by atoms with Gasteiger partial charge in [0.05, 0.1) is 37.6 Å². The first-order valence-electron chi connectivity index (χ1n) is 11.8. The van der Waals surface area contributed by atoms with E-state index in [1.807, 2.05) is 0 Å². The first-order valence-corrected chi connectivity index (χ1v) is 11.8. The number of carboxylic acid groups (broad SMARTS) is 1. The molecular formula is C21H36O15. The van der Waals surface area contributed by atoms with Crippen molar-refractivity contribution in [2.24, 2.45) is 5.92 Å². The van der Waals surface area contributed by atoms with Gasteiger partial charge in [-0.05, 0) is 12.8 Å². The minimum absolute atomic E-state index is 0.0769. The molecule has 1 saturated carbocycles. The summed E-state index contributed by atoms with van der Waals surface area (Å²) < 4.78 is 27.8. The number of rotatable bonds is 10. The summed E-state index contributed by atoms with van der Waals surface area (Å²) in [6.45, 7) is -2.53. The quantitative estimate of drug-likeness (QED) is 0.129. The zero-order valence-corrected chi connectivity index (χ0v) is 19.4. The van der Waals surface area contributed by atoms with Crippen molar-refractivity contribution < 1.29 is 74.4 Å². The molecule has 0 aromatic carbocycles. The van der Waals surface area contributed by atoms with Crippen molar-refractivity contribution in [2.45, 2.75) is 92.9 Å². The Balaban J connectivity index is 1.82. The molecule has 13 unspecified atom stereocenters. The predicted octanol–water partition coefficient (Wildman–Crippen LogP) is -4.74. The number of ether oxygens (including phenoxy) is 5. The van der Waals surface area contributed by atoms with Crippen molar-refractivity contribution in [2.75, 3.05) is 26.4 Å². The standard InChI is InChI=1S/C21H36O15/c22-4-8-1-2-10(25)14(29)17(8)35-21-19(32-7-13(27)28)16(31)18(12(6-24)34-21)36-20-15(30)11(26)3-9(5-23)33-20/h8-12,14-26,29-31H,1-7H2,(H,27,28). The molecule has 3 aliphatic rings. The van der Waals surface area contributed by atoms with Gasteiger partial charge in [0.1, 0.15) is 43.2 Å². The van der Waals surface area contributed by atoms with E-state index in [0.29, 0.717) is 6.42 Å². The van der Waals surface area contributed by atoms with Gasteiger partial charge in [-0.1, -0.05) is 0 Å². The van der Waals surface area contributed by atoms with Crippen molar-refractivity contribution in [1.29, 1.82) is 0 Å². The van der Waals surface area contributed by atoms with Crippen LogP contribution >= 0.6 is 0 Å². The molecule has 2 aliphatic heterocycles. The molecule has 3 fully saturated rings. The lowest BCUT2D eigenvalue weighted by Gasteiger charge is -2.48. The second kappa shape index (κ2) is 13.1. The van der Waals surface area contributed by atoms with Crippen LogP contribution in [0.3, 0.4) is 0 Å². The topological polar surface area (TPSA) is 245 Å². The lowest BCUT2D eigenvalue weighted by molar-refractivity contribution is -0.365. The molecular weight excluding hydrogens is 492 g/mol. The molecule has 9 N–H and O–H groups in total. The van der Waals surface area contributed by atoms with E-state index in [1.54, 1.807) is 0 Å². The summed E-state index contributed by atoms with van der Waals surface area (Å²) in [6.07, 6.45) is -16.3. The summed E-state index contributed by atoms with van der Waals surface area (Å²) in [5, 5.41) is 89.9. The SMILES string of the molecule is O=C(O)COC1C(OC2C(CO)CCC(O)C2O)OC(CO)C(OC2OC(CO)CC(O)C2O)C1O. The number of aliphatic carboxylic acids is 1. The molecule has 0 spiro atoms. The number of aliphatic hydroxyl groups is 8. The van der Waals surface area contributed by atoms with Gasteiger partial charge in [0, 0.05) is 18.9 Å². The van der Waals surface area contributed by atoms with Gasteiger partial charge in [0.15, 0.2) is 12.6 Å². The molecule has 36 heavy (non-hydrogen) atoms. The predicted molar refractivity (Wildman–Crippen MR) is 113 cm³/mol. The van der Waals surface area contributed by atoms with Crippen LogP contribution in [0, 0.1) is 5.92 Å². The third-order valence-electron chi connectivity index (χ3n) is 6.75. The Morgan fingerprint density at radius 1 is 0.750 bits per heavy atom. The Morgan fingerprint density at radius 2 is 1.44 bits per heavy atom. The van der Waals surface area contributed by atoms with Gasteiger partial charge in [0.2, 0.25) is 0 Å². The Bertz CT molecular complexity index is 694. The summed E-state index contributed by atoms with van der Waals surface area (Å²) in [5.41, 5.74) is 0. The molecule has 15 nitrogen and oxygen atoms in total. The molecule has 0 aromatic rings. The lowest BCUT2D eigenvalue weighted by Crippen LogP contribution is -2.64. The van der Waals surface area contributed by atoms with Gasteiger partial charge < -0.3 is 69.6 Å². The highest BCUT2D eigenvalue weighted by atomic mass is 16.7. The third-order valence-corrected chi connectivity index (χ3v) is 6.75. The number of carboxylic acids is 1. The van der Waals surface area contributed by atoms with Gasteiger partial charge in [0.25, 0.3) is 0 Å². The van der Waals surface area contributed by atoms with E-state index in [4.69, 9.17) is 28.8 Å². The van der Waals surface area contributed by atoms with Crippen molar-refractivity contribution >= 4 is 5.97 Å². The zero-order chi connectivity index (χ0) is 26.6. The summed E-state index contributed by atoms with van der Waals surface area (Å²) in [5.74, 6) is -2.00. The van der Waals surface area contributed by atoms with E-state index in [0.717, 1.165) is 0 Å². The molecule has 0 bridgehead atoms. The zero-order valence-electron chi connectivity index (χ0n) is 19.4. The van der Waals surface area contributed by atoms with Crippen LogP contribution < -0.4 is 0 Å². The molecule has 2 saturated heterocycles. The number of hydrogen-bond acceptors (Lipinski definition) is 14. The maximum atomic E-state index is 11.1. The number of carbonyl (C=O) groups is 1. The van der Waals surface area contributed by atoms with Gasteiger partial charge in [-0.15, -0.1) is 0 Å². The fourth-order valence-corrected chi connectivity index (χ4v) is 4.72. The van der Waals surface area contributed by atoms with Crippen molar-refractivity contribution in [3.05, 3.63) is 0 Å². The first-order chi connectivity index (χ1) is 17.1. The van der Waals surface area contributed by atoms with Gasteiger partial charge >= 0.3 is 5.97 Å². The first kappa shape index (κ1) is 29.5. The molecule has 13 atom stereocenters. The molecule has 210 valence electrons. The van der Waals surface area contributed by atoms with Crippen LogP contribution in [-0.2, 0) is 28.5 Å². The van der Waals surface area contributed by atoms with Crippen LogP contribution in [0.1, 0.15) is 19.3 Å². The van der Waals surface area contributed by atoms with Crippen LogP contribution in [0.15, 0.2) is 0 Å². The normalized spacial score (nSPS) is 45.9. The summed E-state index contributed by atoms with van der Waals surface area (Å²) in [4.78, 5) is 11.1. The smallest absolute Gasteiger partial charge is 0.329 e. The van der Waals surface area contributed by atoms with Crippen molar-refractivity contribution in [1.82, 2.24) is 0 Å². The van der Waals surface area contributed by atoms with Crippen LogP contribution in [-0.4, -0.2) is 152 Å². The van der Waals surface area contributed by atoms with Gasteiger partial charge in [-0.3, -0.25) is 0 Å². The minimum atomic E-state index is -1.74. The Hall–Kier alpha value is -1.05. The average Bonchev–Trinajstić information content (AvgIpc) is 2.85. The van der Waals surface area contributed by atoms with Crippen molar-refractivity contribution in [3.63, 3.8) is 0 Å². The second-order valence-electron chi connectivity index (χ2n) is 9.27. The summed E-state index contributed by atoms with van der Waals surface area (Å²) >= 11 is 0. The largest absolute Gasteiger partial charge is 0.480 e. The minimum Gasteiger partial charge on any atom is -0.480 e. The van der Waals surface area contributed by atoms with Crippen LogP contribution in [0.2, 0.25) is 0 Å². The fraction of sp³-hybridized carbons (Fsp3) is 0.952. The Morgan fingerprint density at radius 3 is 2.06 bits per heavy atom. The van der Waals surface area contributed by atoms with Gasteiger partial charge in [-0.2, -0.15) is 0 Å². The molecule has 0 aromatic heterocycles. The Kier molecular flexibility index (Phi) is 10.8. The highest BCUT2D eigenvalue weighted by molar-refractivity contribution is 5.68. The average molecular weight is 529 g/mol. The van der Waals surface area contributed by atoms with Crippen LogP contribution in [0.5, 0.6) is 0 Å². The molecule has 3 rings (SSSR count). The van der Waals surface area contributed by atoms with Crippen molar-refractivity contribution in [3.8, 4) is 0 Å². The van der Waals surface area contributed by atoms with Crippen LogP contribution in [0.25, 0.3) is 0 Å². The van der Waals surface area contributed by atoms with E-state index >= 15 is 0 Å². The van der Waals surface area contributed by atoms with E-state index in [9.17, 15) is 45.6 Å². The van der Waals surface area contributed by atoms with E-state index < -0.39 is 112 Å². The highest BCUT2D eigenvalue weighted by Gasteiger charge is 2.52. The van der Waals surface area contributed by atoms with Crippen LogP contribution in [0.4, 0.5) is 0 Å². The molecule has 2 heterocycles. The lowest BCUT2D eigenvalue weighted by atomic mass is 9.83. The fourth-order valence-electron chi connectivity index (χ4n) is 4.72. The third kappa shape index (κ3) is 6.68. The molecule has 0 amide bonds. The Labute approximate surface area is 206 Å².